The number of methoxy groups -OCH3 is 1. The maximum absolute atomic E-state index is 13.8. The Hall–Kier alpha value is -5.39. The van der Waals surface area contributed by atoms with Crippen LogP contribution in [0.1, 0.15) is 109 Å². The number of fused-ring (bicyclic) bond motifs is 4. The van der Waals surface area contributed by atoms with Crippen molar-refractivity contribution in [1.29, 1.82) is 0 Å². The van der Waals surface area contributed by atoms with Crippen LogP contribution in [0.3, 0.4) is 0 Å². The van der Waals surface area contributed by atoms with E-state index in [0.717, 1.165) is 84.3 Å². The van der Waals surface area contributed by atoms with Crippen LogP contribution in [0.2, 0.25) is 0 Å². The maximum atomic E-state index is 13.8. The van der Waals surface area contributed by atoms with Gasteiger partial charge in [-0.1, -0.05) is 30.3 Å². The molecule has 7 rings (SSSR count). The Bertz CT molecular complexity index is 2220. The molecule has 3 atom stereocenters. The monoisotopic (exact) mass is 761 g/mol. The number of aliphatic imine (C=N–C) groups is 1. The van der Waals surface area contributed by atoms with Gasteiger partial charge in [0.1, 0.15) is 11.4 Å². The minimum absolute atomic E-state index is 0.0597. The van der Waals surface area contributed by atoms with E-state index >= 15 is 0 Å². The van der Waals surface area contributed by atoms with E-state index in [-0.39, 0.29) is 36.3 Å². The van der Waals surface area contributed by atoms with Crippen molar-refractivity contribution < 1.29 is 23.9 Å². The molecule has 0 bridgehead atoms. The molecule has 0 unspecified atom stereocenters. The number of carbonyl (C=O) groups is 3. The van der Waals surface area contributed by atoms with E-state index < -0.39 is 11.7 Å². The lowest BCUT2D eigenvalue weighted by Gasteiger charge is -2.33. The number of nitrogens with one attached hydrogen (secondary N) is 1. The molecule has 0 saturated carbocycles. The van der Waals surface area contributed by atoms with E-state index in [1.807, 2.05) is 40.0 Å². The summed E-state index contributed by atoms with van der Waals surface area (Å²) in [5.41, 5.74) is 14.5. The molecule has 3 aromatic carbocycles. The average Bonchev–Trinajstić information content (AvgIpc) is 3.91. The number of H-pyrrole nitrogens is 1. The highest BCUT2D eigenvalue weighted by Gasteiger charge is 2.42. The normalized spacial score (nSPS) is 20.4. The number of imidazole rings is 1. The van der Waals surface area contributed by atoms with Gasteiger partial charge in [0, 0.05) is 35.8 Å². The van der Waals surface area contributed by atoms with Crippen LogP contribution >= 0.6 is 0 Å². The second-order valence-corrected chi connectivity index (χ2v) is 16.7. The molecular formula is C44H55N7O5. The number of rotatable bonds is 6. The van der Waals surface area contributed by atoms with Gasteiger partial charge in [-0.3, -0.25) is 4.99 Å². The van der Waals surface area contributed by atoms with Crippen LogP contribution in [0.4, 0.5) is 14.4 Å². The van der Waals surface area contributed by atoms with Crippen molar-refractivity contribution in [2.45, 2.75) is 123 Å². The predicted molar refractivity (Wildman–Crippen MR) is 220 cm³/mol. The van der Waals surface area contributed by atoms with Gasteiger partial charge >= 0.3 is 18.2 Å². The Labute approximate surface area is 329 Å². The molecule has 296 valence electrons. The number of nitrogens with zero attached hydrogens (tertiary/aromatic N) is 5. The fraction of sp³-hybridized carbons (Fsp3) is 0.477. The Morgan fingerprint density at radius 1 is 1.02 bits per heavy atom. The molecule has 56 heavy (non-hydrogen) atoms. The average molecular weight is 762 g/mol. The molecule has 12 heteroatoms. The summed E-state index contributed by atoms with van der Waals surface area (Å²) in [6.45, 7) is 11.9. The van der Waals surface area contributed by atoms with Crippen molar-refractivity contribution >= 4 is 51.9 Å². The van der Waals surface area contributed by atoms with Gasteiger partial charge in [0.15, 0.2) is 0 Å². The zero-order chi connectivity index (χ0) is 39.9. The molecule has 12 nitrogen and oxygen atoms in total. The number of nitrogens with two attached hydrogens (primary N) is 1. The smallest absolute Gasteiger partial charge is 0.417 e. The summed E-state index contributed by atoms with van der Waals surface area (Å²) in [5, 5.41) is 2.14. The van der Waals surface area contributed by atoms with Gasteiger partial charge in [0.25, 0.3) is 0 Å². The molecule has 1 aliphatic carbocycles. The predicted octanol–water partition coefficient (Wildman–Crippen LogP) is 9.11. The van der Waals surface area contributed by atoms with Gasteiger partial charge in [-0.2, -0.15) is 0 Å². The van der Waals surface area contributed by atoms with Gasteiger partial charge in [0.05, 0.1) is 42.1 Å². The van der Waals surface area contributed by atoms with Gasteiger partial charge in [-0.05, 0) is 133 Å². The van der Waals surface area contributed by atoms with E-state index in [1.165, 1.54) is 28.7 Å². The first-order valence-electron chi connectivity index (χ1n) is 20.0. The number of aromatic nitrogens is 2. The van der Waals surface area contributed by atoms with Crippen molar-refractivity contribution in [3.63, 3.8) is 0 Å². The largest absolute Gasteiger partial charge is 0.452 e. The summed E-state index contributed by atoms with van der Waals surface area (Å²) in [6, 6.07) is 13.8. The Kier molecular flexibility index (Phi) is 10.8. The van der Waals surface area contributed by atoms with Crippen molar-refractivity contribution in [2.75, 3.05) is 13.7 Å². The number of hydrogen-bond acceptors (Lipinski definition) is 8. The van der Waals surface area contributed by atoms with E-state index in [4.69, 9.17) is 20.2 Å². The van der Waals surface area contributed by atoms with E-state index in [9.17, 15) is 14.4 Å². The highest BCUT2D eigenvalue weighted by atomic mass is 16.6. The molecule has 1 aromatic heterocycles. The molecule has 0 spiro atoms. The third-order valence-electron chi connectivity index (χ3n) is 11.3. The van der Waals surface area contributed by atoms with Crippen molar-refractivity contribution in [2.24, 2.45) is 10.7 Å². The minimum atomic E-state index is -0.664. The highest BCUT2D eigenvalue weighted by molar-refractivity contribution is 6.05. The second kappa shape index (κ2) is 15.6. The molecule has 4 aromatic rings. The number of amides is 4. The maximum Gasteiger partial charge on any atom is 0.417 e. The number of hydrogen-bond donors (Lipinski definition) is 2. The third-order valence-corrected chi connectivity index (χ3v) is 11.3. The van der Waals surface area contributed by atoms with Crippen LogP contribution in [-0.4, -0.2) is 86.5 Å². The lowest BCUT2D eigenvalue weighted by molar-refractivity contribution is 0.0268. The molecule has 3 aliphatic rings. The first-order valence-corrected chi connectivity index (χ1v) is 20.0. The molecule has 2 saturated heterocycles. The summed E-state index contributed by atoms with van der Waals surface area (Å²) >= 11 is 0. The Balaban J connectivity index is 1.15. The minimum Gasteiger partial charge on any atom is -0.452 e. The highest BCUT2D eigenvalue weighted by Crippen LogP contribution is 2.40. The third kappa shape index (κ3) is 7.57. The zero-order valence-corrected chi connectivity index (χ0v) is 33.7. The number of imide groups is 1. The molecular weight excluding hydrogens is 707 g/mol. The van der Waals surface area contributed by atoms with E-state index in [1.54, 1.807) is 29.8 Å². The quantitative estimate of drug-likeness (QED) is 0.186. The zero-order valence-electron chi connectivity index (χ0n) is 33.7. The van der Waals surface area contributed by atoms with Gasteiger partial charge in [-0.25, -0.2) is 24.3 Å². The van der Waals surface area contributed by atoms with Crippen LogP contribution in [-0.2, 0) is 22.3 Å². The SMILES string of the molecule is COC(=O)N(C(=O)N1[C@@H](C)CC[C@H]1c1nc2ccc3cc(-c4ccc(/C(N)=C/N=C/[C@@H]5CCCN5C(=O)OC(C)(C)C)c5c4CCCC5)ccc3c2[nH]1)C(C)C. The number of benzene rings is 3. The van der Waals surface area contributed by atoms with Crippen molar-refractivity contribution in [3.8, 4) is 11.1 Å². The van der Waals surface area contributed by atoms with E-state index in [0.29, 0.717) is 18.1 Å². The number of urea groups is 1. The summed E-state index contributed by atoms with van der Waals surface area (Å²) in [4.78, 5) is 57.0. The lowest BCUT2D eigenvalue weighted by atomic mass is 9.82. The summed E-state index contributed by atoms with van der Waals surface area (Å²) in [7, 11) is 1.29. The summed E-state index contributed by atoms with van der Waals surface area (Å²) in [6.07, 6.45) is 9.99. The summed E-state index contributed by atoms with van der Waals surface area (Å²) in [5.74, 6) is 0.714. The molecule has 4 amide bonds. The number of carbonyl (C=O) groups excluding carboxylic acids is 3. The number of likely N-dealkylation sites (tertiary alicyclic amines) is 2. The lowest BCUT2D eigenvalue weighted by Crippen LogP contribution is -2.51. The molecule has 2 aliphatic heterocycles. The number of ether oxygens (including phenoxy) is 2. The van der Waals surface area contributed by atoms with Crippen LogP contribution in [0, 0.1) is 0 Å². The summed E-state index contributed by atoms with van der Waals surface area (Å²) < 4.78 is 10.6. The molecule has 3 N–H and O–H groups in total. The van der Waals surface area contributed by atoms with Crippen LogP contribution in [0.5, 0.6) is 0 Å². The Morgan fingerprint density at radius 3 is 2.52 bits per heavy atom. The standard InChI is InChI=1S/C44H55N7O5/c1-26(2)50(43(54)55-7)41(52)51-27(3)14-21-38(51)40-47-37-20-16-29-23-28(15-17-32(29)39(37)48-40)31-18-19-35(34-13-9-8-12-33(31)34)36(45)25-46-24-30-11-10-22-49(30)42(53)56-44(4,5)6/h15-20,23-27,30,38H,8-14,21-22,45H2,1-7H3,(H,47,48)/b36-25-,46-24+/t27-,30-,38-/m0/s1. The van der Waals surface area contributed by atoms with Crippen LogP contribution in [0.15, 0.2) is 53.7 Å². The fourth-order valence-electron chi connectivity index (χ4n) is 8.66. The second-order valence-electron chi connectivity index (χ2n) is 16.7. The first kappa shape index (κ1) is 38.9. The van der Waals surface area contributed by atoms with Crippen LogP contribution in [0.25, 0.3) is 38.6 Å². The molecule has 3 heterocycles. The first-order chi connectivity index (χ1) is 26.8. The van der Waals surface area contributed by atoms with Crippen LogP contribution < -0.4 is 5.73 Å². The Morgan fingerprint density at radius 2 is 1.79 bits per heavy atom. The molecule has 2 fully saturated rings. The number of aromatic amines is 1. The molecule has 0 radical (unpaired) electrons. The van der Waals surface area contributed by atoms with Crippen molar-refractivity contribution in [3.05, 3.63) is 71.2 Å². The topological polar surface area (TPSA) is 146 Å². The van der Waals surface area contributed by atoms with Gasteiger partial charge < -0.3 is 30.0 Å². The fourth-order valence-corrected chi connectivity index (χ4v) is 8.66. The van der Waals surface area contributed by atoms with E-state index in [2.05, 4.69) is 46.4 Å². The van der Waals surface area contributed by atoms with Gasteiger partial charge in [-0.15, -0.1) is 0 Å². The van der Waals surface area contributed by atoms with Gasteiger partial charge in [0.2, 0.25) is 0 Å². The van der Waals surface area contributed by atoms with Crippen molar-refractivity contribution in [1.82, 2.24) is 24.7 Å².